The summed E-state index contributed by atoms with van der Waals surface area (Å²) in [6.45, 7) is 2.82. The van der Waals surface area contributed by atoms with Gasteiger partial charge in [-0.25, -0.2) is 4.39 Å². The third-order valence-electron chi connectivity index (χ3n) is 3.75. The average Bonchev–Trinajstić information content (AvgIpc) is 2.81. The second kappa shape index (κ2) is 6.87. The fourth-order valence-corrected chi connectivity index (χ4v) is 2.54. The fourth-order valence-electron chi connectivity index (χ4n) is 2.54. The summed E-state index contributed by atoms with van der Waals surface area (Å²) in [5.41, 5.74) is 0. The standard InChI is InChI=1S/C15H22FNO2/c1-11-5-4-7-14(11)17-9-12(18)10-19-15-8-3-2-6-13(15)16/h2-3,6,8,11-12,14,17-18H,4-5,7,9-10H2,1H3. The number of hydrogen-bond donors (Lipinski definition) is 2. The number of aliphatic hydroxyl groups is 1. The molecule has 1 aliphatic carbocycles. The Morgan fingerprint density at radius 1 is 1.42 bits per heavy atom. The summed E-state index contributed by atoms with van der Waals surface area (Å²) in [6.07, 6.45) is 3.05. The molecule has 19 heavy (non-hydrogen) atoms. The highest BCUT2D eigenvalue weighted by molar-refractivity contribution is 5.23. The first-order valence-corrected chi connectivity index (χ1v) is 6.95. The normalized spacial score (nSPS) is 24.4. The zero-order valence-corrected chi connectivity index (χ0v) is 11.3. The molecule has 0 spiro atoms. The first-order valence-electron chi connectivity index (χ1n) is 6.95. The molecule has 1 aromatic carbocycles. The molecule has 1 saturated carbocycles. The molecule has 1 aliphatic rings. The van der Waals surface area contributed by atoms with Gasteiger partial charge in [0.1, 0.15) is 12.7 Å². The first-order chi connectivity index (χ1) is 9.16. The van der Waals surface area contributed by atoms with Crippen molar-refractivity contribution in [2.24, 2.45) is 5.92 Å². The van der Waals surface area contributed by atoms with Crippen LogP contribution in [-0.2, 0) is 0 Å². The Balaban J connectivity index is 1.70. The van der Waals surface area contributed by atoms with Gasteiger partial charge in [0.25, 0.3) is 0 Å². The molecule has 3 unspecified atom stereocenters. The minimum absolute atomic E-state index is 0.106. The minimum atomic E-state index is -0.618. The Labute approximate surface area is 113 Å². The number of ether oxygens (including phenoxy) is 1. The molecule has 1 aromatic rings. The molecular formula is C15H22FNO2. The van der Waals surface area contributed by atoms with Crippen molar-refractivity contribution in [3.63, 3.8) is 0 Å². The predicted molar refractivity (Wildman–Crippen MR) is 72.7 cm³/mol. The van der Waals surface area contributed by atoms with Crippen molar-refractivity contribution in [2.45, 2.75) is 38.3 Å². The maximum Gasteiger partial charge on any atom is 0.165 e. The van der Waals surface area contributed by atoms with Crippen LogP contribution in [-0.4, -0.2) is 30.4 Å². The minimum Gasteiger partial charge on any atom is -0.488 e. The second-order valence-corrected chi connectivity index (χ2v) is 5.32. The monoisotopic (exact) mass is 267 g/mol. The van der Waals surface area contributed by atoms with Gasteiger partial charge in [-0.2, -0.15) is 0 Å². The molecule has 2 N–H and O–H groups in total. The lowest BCUT2D eigenvalue weighted by Crippen LogP contribution is -2.39. The fraction of sp³-hybridized carbons (Fsp3) is 0.600. The molecular weight excluding hydrogens is 245 g/mol. The lowest BCUT2D eigenvalue weighted by Gasteiger charge is -2.20. The predicted octanol–water partition coefficient (Wildman–Crippen LogP) is 2.34. The van der Waals surface area contributed by atoms with Gasteiger partial charge in [-0.3, -0.25) is 0 Å². The van der Waals surface area contributed by atoms with E-state index >= 15 is 0 Å². The summed E-state index contributed by atoms with van der Waals surface area (Å²) in [5.74, 6) is 0.461. The highest BCUT2D eigenvalue weighted by Crippen LogP contribution is 2.24. The van der Waals surface area contributed by atoms with Gasteiger partial charge in [0.15, 0.2) is 11.6 Å². The van der Waals surface area contributed by atoms with Crippen LogP contribution in [0.25, 0.3) is 0 Å². The van der Waals surface area contributed by atoms with Crippen LogP contribution in [0.1, 0.15) is 26.2 Å². The van der Waals surface area contributed by atoms with Crippen molar-refractivity contribution in [2.75, 3.05) is 13.2 Å². The Hall–Kier alpha value is -1.13. The van der Waals surface area contributed by atoms with Gasteiger partial charge in [0.05, 0.1) is 0 Å². The second-order valence-electron chi connectivity index (χ2n) is 5.32. The SMILES string of the molecule is CC1CCCC1NCC(O)COc1ccccc1F. The number of hydrogen-bond acceptors (Lipinski definition) is 3. The van der Waals surface area contributed by atoms with Crippen LogP contribution in [0.15, 0.2) is 24.3 Å². The van der Waals surface area contributed by atoms with E-state index < -0.39 is 11.9 Å². The van der Waals surface area contributed by atoms with Crippen LogP contribution < -0.4 is 10.1 Å². The molecule has 1 fully saturated rings. The van der Waals surface area contributed by atoms with Gasteiger partial charge >= 0.3 is 0 Å². The Morgan fingerprint density at radius 3 is 2.89 bits per heavy atom. The van der Waals surface area contributed by atoms with E-state index in [4.69, 9.17) is 4.74 Å². The molecule has 106 valence electrons. The van der Waals surface area contributed by atoms with Crippen LogP contribution in [0.5, 0.6) is 5.75 Å². The Bertz CT molecular complexity index is 399. The van der Waals surface area contributed by atoms with Crippen molar-refractivity contribution in [1.29, 1.82) is 0 Å². The van der Waals surface area contributed by atoms with Gasteiger partial charge in [0, 0.05) is 12.6 Å². The quantitative estimate of drug-likeness (QED) is 0.831. The molecule has 3 atom stereocenters. The summed E-state index contributed by atoms with van der Waals surface area (Å²) in [5, 5.41) is 13.2. The van der Waals surface area contributed by atoms with Gasteiger partial charge in [0.2, 0.25) is 0 Å². The molecule has 3 nitrogen and oxygen atoms in total. The van der Waals surface area contributed by atoms with E-state index in [-0.39, 0.29) is 12.4 Å². The van der Waals surface area contributed by atoms with Gasteiger partial charge in [-0.15, -0.1) is 0 Å². The van der Waals surface area contributed by atoms with E-state index in [1.807, 2.05) is 0 Å². The zero-order chi connectivity index (χ0) is 13.7. The van der Waals surface area contributed by atoms with Crippen molar-refractivity contribution in [3.8, 4) is 5.75 Å². The molecule has 4 heteroatoms. The van der Waals surface area contributed by atoms with Crippen LogP contribution in [0.4, 0.5) is 4.39 Å². The summed E-state index contributed by atoms with van der Waals surface area (Å²) in [7, 11) is 0. The first kappa shape index (κ1) is 14.3. The zero-order valence-electron chi connectivity index (χ0n) is 11.3. The number of aliphatic hydroxyl groups excluding tert-OH is 1. The maximum atomic E-state index is 13.3. The molecule has 0 amide bonds. The summed E-state index contributed by atoms with van der Waals surface area (Å²) in [6, 6.07) is 6.72. The highest BCUT2D eigenvalue weighted by Gasteiger charge is 2.23. The molecule has 2 rings (SSSR count). The molecule has 0 aromatic heterocycles. The lowest BCUT2D eigenvalue weighted by atomic mass is 10.1. The van der Waals surface area contributed by atoms with Crippen molar-refractivity contribution < 1.29 is 14.2 Å². The number of nitrogens with one attached hydrogen (secondary N) is 1. The maximum absolute atomic E-state index is 13.3. The van der Waals surface area contributed by atoms with Crippen LogP contribution in [0.2, 0.25) is 0 Å². The van der Waals surface area contributed by atoms with Crippen molar-refractivity contribution >= 4 is 0 Å². The molecule has 0 aliphatic heterocycles. The summed E-state index contributed by atoms with van der Waals surface area (Å²) >= 11 is 0. The summed E-state index contributed by atoms with van der Waals surface area (Å²) in [4.78, 5) is 0. The van der Waals surface area contributed by atoms with Crippen LogP contribution in [0.3, 0.4) is 0 Å². The van der Waals surface area contributed by atoms with Gasteiger partial charge in [-0.1, -0.05) is 25.5 Å². The lowest BCUT2D eigenvalue weighted by molar-refractivity contribution is 0.100. The Kier molecular flexibility index (Phi) is 5.16. The van der Waals surface area contributed by atoms with Crippen LogP contribution >= 0.6 is 0 Å². The van der Waals surface area contributed by atoms with E-state index in [9.17, 15) is 9.50 Å². The van der Waals surface area contributed by atoms with Gasteiger partial charge in [-0.05, 0) is 30.9 Å². The smallest absolute Gasteiger partial charge is 0.165 e. The van der Waals surface area contributed by atoms with Crippen molar-refractivity contribution in [1.82, 2.24) is 5.32 Å². The number of halogens is 1. The largest absolute Gasteiger partial charge is 0.488 e. The van der Waals surface area contributed by atoms with Gasteiger partial charge < -0.3 is 15.2 Å². The molecule has 0 heterocycles. The molecule has 0 radical (unpaired) electrons. The van der Waals surface area contributed by atoms with E-state index in [0.29, 0.717) is 18.5 Å². The van der Waals surface area contributed by atoms with Crippen LogP contribution in [0, 0.1) is 11.7 Å². The topological polar surface area (TPSA) is 41.5 Å². The van der Waals surface area contributed by atoms with E-state index in [0.717, 1.165) is 0 Å². The van der Waals surface area contributed by atoms with Crippen molar-refractivity contribution in [3.05, 3.63) is 30.1 Å². The third-order valence-corrected chi connectivity index (χ3v) is 3.75. The third kappa shape index (κ3) is 4.18. The Morgan fingerprint density at radius 2 is 2.21 bits per heavy atom. The number of rotatable bonds is 6. The highest BCUT2D eigenvalue weighted by atomic mass is 19.1. The molecule has 0 saturated heterocycles. The molecule has 0 bridgehead atoms. The summed E-state index contributed by atoms with van der Waals surface area (Å²) < 4.78 is 18.6. The number of para-hydroxylation sites is 1. The van der Waals surface area contributed by atoms with E-state index in [2.05, 4.69) is 12.2 Å². The van der Waals surface area contributed by atoms with E-state index in [1.54, 1.807) is 18.2 Å². The average molecular weight is 267 g/mol. The number of benzene rings is 1. The van der Waals surface area contributed by atoms with E-state index in [1.165, 1.54) is 25.3 Å².